The summed E-state index contributed by atoms with van der Waals surface area (Å²) in [6, 6.07) is 13.5. The molecule has 1 aliphatic heterocycles. The minimum Gasteiger partial charge on any atom is -0.381 e. The van der Waals surface area contributed by atoms with Crippen LogP contribution in [0.4, 0.5) is 0 Å². The van der Waals surface area contributed by atoms with Crippen LogP contribution >= 0.6 is 23.2 Å². The zero-order valence-electron chi connectivity index (χ0n) is 15.4. The summed E-state index contributed by atoms with van der Waals surface area (Å²) in [6.07, 6.45) is 3.98. The van der Waals surface area contributed by atoms with E-state index in [0.29, 0.717) is 42.6 Å². The van der Waals surface area contributed by atoms with E-state index in [1.54, 1.807) is 12.1 Å². The van der Waals surface area contributed by atoms with E-state index < -0.39 is 5.41 Å². The molecule has 0 radical (unpaired) electrons. The van der Waals surface area contributed by atoms with Crippen LogP contribution in [0, 0.1) is 0 Å². The van der Waals surface area contributed by atoms with Gasteiger partial charge in [0.05, 0.1) is 5.41 Å². The van der Waals surface area contributed by atoms with Crippen LogP contribution in [0.2, 0.25) is 10.0 Å². The van der Waals surface area contributed by atoms with E-state index in [-0.39, 0.29) is 5.91 Å². The Kier molecular flexibility index (Phi) is 5.63. The Morgan fingerprint density at radius 2 is 1.93 bits per heavy atom. The number of benzene rings is 2. The van der Waals surface area contributed by atoms with Crippen molar-refractivity contribution < 1.29 is 9.53 Å². The molecular formula is C22H22Cl2N2O2. The molecule has 28 heavy (non-hydrogen) atoms. The minimum atomic E-state index is -0.680. The summed E-state index contributed by atoms with van der Waals surface area (Å²) in [6.45, 7) is 1.64. The summed E-state index contributed by atoms with van der Waals surface area (Å²) >= 11 is 12.5. The zero-order chi connectivity index (χ0) is 19.6. The van der Waals surface area contributed by atoms with Gasteiger partial charge in [0.15, 0.2) is 0 Å². The van der Waals surface area contributed by atoms with Crippen molar-refractivity contribution in [3.8, 4) is 0 Å². The lowest BCUT2D eigenvalue weighted by molar-refractivity contribution is -0.130. The number of H-pyrrole nitrogens is 1. The van der Waals surface area contributed by atoms with Crippen molar-refractivity contribution in [2.45, 2.75) is 24.7 Å². The lowest BCUT2D eigenvalue weighted by Crippen LogP contribution is -2.48. The second-order valence-corrected chi connectivity index (χ2v) is 8.03. The van der Waals surface area contributed by atoms with Crippen molar-refractivity contribution in [3.05, 3.63) is 69.8 Å². The lowest BCUT2D eigenvalue weighted by atomic mass is 9.73. The molecule has 0 bridgehead atoms. The number of hydrogen-bond acceptors (Lipinski definition) is 2. The Morgan fingerprint density at radius 3 is 2.71 bits per heavy atom. The highest BCUT2D eigenvalue weighted by atomic mass is 35.5. The highest BCUT2D eigenvalue weighted by Gasteiger charge is 2.42. The standard InChI is InChI=1S/C22H22Cl2N2O2/c23-16-5-6-18(19(24)13-16)22(8-11-28-12-9-22)21(27)25-10-7-15-14-26-20-4-2-1-3-17(15)20/h1-6,13-14,26H,7-12H2,(H,25,27). The largest absolute Gasteiger partial charge is 0.381 e. The molecule has 0 saturated carbocycles. The first kappa shape index (κ1) is 19.3. The fraction of sp³-hybridized carbons (Fsp3) is 0.318. The Balaban J connectivity index is 1.51. The van der Waals surface area contributed by atoms with E-state index in [1.807, 2.05) is 24.4 Å². The predicted octanol–water partition coefficient (Wildman–Crippen LogP) is 4.88. The molecule has 2 aromatic carbocycles. The van der Waals surface area contributed by atoms with Crippen LogP contribution in [-0.4, -0.2) is 30.6 Å². The molecule has 1 aromatic heterocycles. The number of amides is 1. The number of aromatic amines is 1. The molecule has 3 aromatic rings. The number of rotatable bonds is 5. The number of halogens is 2. The van der Waals surface area contributed by atoms with Gasteiger partial charge < -0.3 is 15.0 Å². The maximum absolute atomic E-state index is 13.3. The summed E-state index contributed by atoms with van der Waals surface area (Å²) in [5.74, 6) is -0.000126. The smallest absolute Gasteiger partial charge is 0.230 e. The average Bonchev–Trinajstić information content (AvgIpc) is 3.11. The Bertz CT molecular complexity index is 993. The number of ether oxygens (including phenoxy) is 1. The van der Waals surface area contributed by atoms with Gasteiger partial charge in [-0.15, -0.1) is 0 Å². The van der Waals surface area contributed by atoms with Gasteiger partial charge in [-0.2, -0.15) is 0 Å². The molecule has 4 nitrogen and oxygen atoms in total. The van der Waals surface area contributed by atoms with Gasteiger partial charge in [-0.3, -0.25) is 4.79 Å². The number of aromatic nitrogens is 1. The minimum absolute atomic E-state index is 0.000126. The van der Waals surface area contributed by atoms with Gasteiger partial charge >= 0.3 is 0 Å². The Morgan fingerprint density at radius 1 is 1.14 bits per heavy atom. The van der Waals surface area contributed by atoms with Crippen LogP contribution in [0.5, 0.6) is 0 Å². The highest BCUT2D eigenvalue weighted by molar-refractivity contribution is 6.35. The quantitative estimate of drug-likeness (QED) is 0.622. The summed E-state index contributed by atoms with van der Waals surface area (Å²) in [7, 11) is 0. The van der Waals surface area contributed by atoms with Crippen molar-refractivity contribution in [1.82, 2.24) is 10.3 Å². The summed E-state index contributed by atoms with van der Waals surface area (Å²) in [4.78, 5) is 16.6. The van der Waals surface area contributed by atoms with Crippen molar-refractivity contribution in [2.75, 3.05) is 19.8 Å². The van der Waals surface area contributed by atoms with Gasteiger partial charge in [-0.25, -0.2) is 0 Å². The second-order valence-electron chi connectivity index (χ2n) is 7.18. The van der Waals surface area contributed by atoms with Gasteiger partial charge in [-0.05, 0) is 48.6 Å². The van der Waals surface area contributed by atoms with Crippen LogP contribution < -0.4 is 5.32 Å². The van der Waals surface area contributed by atoms with Gasteiger partial charge in [0, 0.05) is 46.9 Å². The van der Waals surface area contributed by atoms with E-state index >= 15 is 0 Å². The van der Waals surface area contributed by atoms with Crippen molar-refractivity contribution >= 4 is 40.0 Å². The number of carbonyl (C=O) groups excluding carboxylic acids is 1. The van der Waals surface area contributed by atoms with Gasteiger partial charge in [0.2, 0.25) is 5.91 Å². The van der Waals surface area contributed by atoms with Crippen LogP contribution in [0.25, 0.3) is 10.9 Å². The Hall–Kier alpha value is -2.01. The molecule has 1 saturated heterocycles. The molecule has 146 valence electrons. The molecule has 1 fully saturated rings. The maximum atomic E-state index is 13.3. The molecule has 6 heteroatoms. The van der Waals surface area contributed by atoms with Crippen molar-refractivity contribution in [2.24, 2.45) is 0 Å². The van der Waals surface area contributed by atoms with E-state index in [9.17, 15) is 4.79 Å². The molecule has 1 aliphatic rings. The molecular weight excluding hydrogens is 395 g/mol. The number of nitrogens with one attached hydrogen (secondary N) is 2. The van der Waals surface area contributed by atoms with Crippen LogP contribution in [0.3, 0.4) is 0 Å². The first-order chi connectivity index (χ1) is 13.6. The normalized spacial score (nSPS) is 16.2. The highest BCUT2D eigenvalue weighted by Crippen LogP contribution is 2.40. The van der Waals surface area contributed by atoms with Crippen LogP contribution in [-0.2, 0) is 21.4 Å². The molecule has 1 amide bonds. The fourth-order valence-corrected chi connectivity index (χ4v) is 4.62. The van der Waals surface area contributed by atoms with E-state index in [2.05, 4.69) is 22.4 Å². The molecule has 0 unspecified atom stereocenters. The third-order valence-corrected chi connectivity index (χ3v) is 6.13. The number of para-hydroxylation sites is 1. The number of carbonyl (C=O) groups is 1. The van der Waals surface area contributed by atoms with Crippen LogP contribution in [0.1, 0.15) is 24.0 Å². The third kappa shape index (κ3) is 3.64. The molecule has 2 N–H and O–H groups in total. The molecule has 2 heterocycles. The van der Waals surface area contributed by atoms with Gasteiger partial charge in [0.25, 0.3) is 0 Å². The zero-order valence-corrected chi connectivity index (χ0v) is 16.9. The first-order valence-corrected chi connectivity index (χ1v) is 10.2. The summed E-state index contributed by atoms with van der Waals surface area (Å²) in [5, 5.41) is 5.42. The maximum Gasteiger partial charge on any atom is 0.230 e. The SMILES string of the molecule is O=C(NCCc1c[nH]c2ccccc12)C1(c2ccc(Cl)cc2Cl)CCOCC1. The Labute approximate surface area is 174 Å². The fourth-order valence-electron chi connectivity index (χ4n) is 4.03. The van der Waals surface area contributed by atoms with Crippen LogP contribution in [0.15, 0.2) is 48.7 Å². The number of hydrogen-bond donors (Lipinski definition) is 2. The predicted molar refractivity (Wildman–Crippen MR) is 113 cm³/mol. The van der Waals surface area contributed by atoms with Crippen molar-refractivity contribution in [3.63, 3.8) is 0 Å². The van der Waals surface area contributed by atoms with Crippen molar-refractivity contribution in [1.29, 1.82) is 0 Å². The topological polar surface area (TPSA) is 54.1 Å². The molecule has 4 rings (SSSR count). The molecule has 0 aliphatic carbocycles. The molecule has 0 spiro atoms. The molecule has 0 atom stereocenters. The van der Waals surface area contributed by atoms with Gasteiger partial charge in [0.1, 0.15) is 0 Å². The third-order valence-electron chi connectivity index (χ3n) is 5.58. The number of fused-ring (bicyclic) bond motifs is 1. The second kappa shape index (κ2) is 8.16. The monoisotopic (exact) mass is 416 g/mol. The van der Waals surface area contributed by atoms with E-state index in [4.69, 9.17) is 27.9 Å². The average molecular weight is 417 g/mol. The van der Waals surface area contributed by atoms with E-state index in [0.717, 1.165) is 17.5 Å². The summed E-state index contributed by atoms with van der Waals surface area (Å²) in [5.41, 5.74) is 2.45. The van der Waals surface area contributed by atoms with Gasteiger partial charge in [-0.1, -0.05) is 47.5 Å². The van der Waals surface area contributed by atoms with E-state index in [1.165, 1.54) is 10.9 Å². The lowest BCUT2D eigenvalue weighted by Gasteiger charge is -2.36. The summed E-state index contributed by atoms with van der Waals surface area (Å²) < 4.78 is 5.52. The first-order valence-electron chi connectivity index (χ1n) is 9.47.